The van der Waals surface area contributed by atoms with Gasteiger partial charge < -0.3 is 4.42 Å². The summed E-state index contributed by atoms with van der Waals surface area (Å²) < 4.78 is 4.99. The van der Waals surface area contributed by atoms with Crippen LogP contribution in [0.2, 0.25) is 5.15 Å². The van der Waals surface area contributed by atoms with Crippen LogP contribution in [0.4, 0.5) is 0 Å². The zero-order valence-corrected chi connectivity index (χ0v) is 9.84. The van der Waals surface area contributed by atoms with E-state index in [0.29, 0.717) is 16.5 Å². The first-order chi connectivity index (χ1) is 7.74. The van der Waals surface area contributed by atoms with E-state index in [1.807, 2.05) is 6.92 Å². The molecule has 0 aromatic carbocycles. The normalized spacial score (nSPS) is 11.1. The Bertz CT molecular complexity index is 647. The Morgan fingerprint density at radius 3 is 2.94 bits per heavy atom. The summed E-state index contributed by atoms with van der Waals surface area (Å²) in [6.45, 7) is 1.92. The third-order valence-electron chi connectivity index (χ3n) is 2.10. The van der Waals surface area contributed by atoms with Gasteiger partial charge in [0.1, 0.15) is 16.6 Å². The van der Waals surface area contributed by atoms with Gasteiger partial charge in [-0.25, -0.2) is 15.0 Å². The van der Waals surface area contributed by atoms with E-state index >= 15 is 0 Å². The molecule has 0 saturated carbocycles. The number of rotatable bonds is 1. The fourth-order valence-corrected chi connectivity index (χ4v) is 2.47. The summed E-state index contributed by atoms with van der Waals surface area (Å²) in [5.41, 5.74) is 1.48. The summed E-state index contributed by atoms with van der Waals surface area (Å²) in [5, 5.41) is 1.31. The van der Waals surface area contributed by atoms with E-state index in [9.17, 15) is 0 Å². The molecule has 0 spiro atoms. The van der Waals surface area contributed by atoms with Crippen molar-refractivity contribution in [3.05, 3.63) is 28.8 Å². The molecule has 0 amide bonds. The zero-order valence-electron chi connectivity index (χ0n) is 8.27. The first kappa shape index (κ1) is 9.74. The predicted molar refractivity (Wildman–Crippen MR) is 62.7 cm³/mol. The van der Waals surface area contributed by atoms with Crippen LogP contribution in [-0.4, -0.2) is 15.0 Å². The largest absolute Gasteiger partial charge is 0.472 e. The summed E-state index contributed by atoms with van der Waals surface area (Å²) in [7, 11) is 0. The second-order valence-corrected chi connectivity index (χ2v) is 4.78. The SMILES string of the molecule is Cc1nc2c(Cl)nc(-c3ccoc3)nc2s1. The Kier molecular flexibility index (Phi) is 2.15. The van der Waals surface area contributed by atoms with Gasteiger partial charge in [-0.2, -0.15) is 0 Å². The van der Waals surface area contributed by atoms with Gasteiger partial charge in [0.05, 0.1) is 16.8 Å². The van der Waals surface area contributed by atoms with Gasteiger partial charge in [0.15, 0.2) is 11.0 Å². The molecule has 0 radical (unpaired) electrons. The van der Waals surface area contributed by atoms with E-state index in [0.717, 1.165) is 15.4 Å². The van der Waals surface area contributed by atoms with Crippen molar-refractivity contribution in [3.8, 4) is 11.4 Å². The van der Waals surface area contributed by atoms with Crippen molar-refractivity contribution < 1.29 is 4.42 Å². The number of halogens is 1. The Hall–Kier alpha value is -1.46. The number of aryl methyl sites for hydroxylation is 1. The molecule has 0 aliphatic rings. The van der Waals surface area contributed by atoms with Crippen LogP contribution in [0.3, 0.4) is 0 Å². The van der Waals surface area contributed by atoms with Gasteiger partial charge in [0.2, 0.25) is 0 Å². The Balaban J connectivity index is 2.28. The maximum Gasteiger partial charge on any atom is 0.165 e. The Labute approximate surface area is 99.9 Å². The van der Waals surface area contributed by atoms with Gasteiger partial charge in [-0.1, -0.05) is 22.9 Å². The molecule has 4 nitrogen and oxygen atoms in total. The smallest absolute Gasteiger partial charge is 0.165 e. The molecular weight excluding hydrogens is 246 g/mol. The van der Waals surface area contributed by atoms with Crippen molar-refractivity contribution in [1.82, 2.24) is 15.0 Å². The lowest BCUT2D eigenvalue weighted by atomic mass is 10.3. The van der Waals surface area contributed by atoms with Crippen molar-refractivity contribution in [3.63, 3.8) is 0 Å². The quantitative estimate of drug-likeness (QED) is 0.623. The van der Waals surface area contributed by atoms with Gasteiger partial charge >= 0.3 is 0 Å². The van der Waals surface area contributed by atoms with E-state index in [2.05, 4.69) is 15.0 Å². The molecule has 0 fully saturated rings. The van der Waals surface area contributed by atoms with E-state index in [1.54, 1.807) is 18.6 Å². The van der Waals surface area contributed by atoms with Crippen LogP contribution in [0.5, 0.6) is 0 Å². The molecule has 3 rings (SSSR count). The van der Waals surface area contributed by atoms with Crippen LogP contribution >= 0.6 is 22.9 Å². The van der Waals surface area contributed by atoms with E-state index < -0.39 is 0 Å². The van der Waals surface area contributed by atoms with Gasteiger partial charge in [-0.05, 0) is 13.0 Å². The highest BCUT2D eigenvalue weighted by atomic mass is 35.5. The van der Waals surface area contributed by atoms with Crippen LogP contribution < -0.4 is 0 Å². The number of hydrogen-bond acceptors (Lipinski definition) is 5. The minimum absolute atomic E-state index is 0.380. The summed E-state index contributed by atoms with van der Waals surface area (Å²) in [5.74, 6) is 0.565. The molecule has 3 heterocycles. The van der Waals surface area contributed by atoms with Crippen LogP contribution in [0.25, 0.3) is 21.7 Å². The van der Waals surface area contributed by atoms with Crippen molar-refractivity contribution in [2.45, 2.75) is 6.92 Å². The molecular formula is C10H6ClN3OS. The predicted octanol–water partition coefficient (Wildman–Crippen LogP) is 3.31. The lowest BCUT2D eigenvalue weighted by Crippen LogP contribution is -1.88. The fourth-order valence-electron chi connectivity index (χ4n) is 1.41. The average Bonchev–Trinajstić information content (AvgIpc) is 2.84. The molecule has 3 aromatic heterocycles. The van der Waals surface area contributed by atoms with Gasteiger partial charge in [0, 0.05) is 0 Å². The first-order valence-corrected chi connectivity index (χ1v) is 5.77. The number of fused-ring (bicyclic) bond motifs is 1. The molecule has 6 heteroatoms. The van der Waals surface area contributed by atoms with Crippen LogP contribution in [0, 0.1) is 6.92 Å². The Morgan fingerprint density at radius 1 is 1.31 bits per heavy atom. The average molecular weight is 252 g/mol. The molecule has 0 saturated heterocycles. The Morgan fingerprint density at radius 2 is 2.19 bits per heavy atom. The lowest BCUT2D eigenvalue weighted by molar-refractivity contribution is 0.568. The first-order valence-electron chi connectivity index (χ1n) is 4.57. The topological polar surface area (TPSA) is 51.8 Å². The maximum absolute atomic E-state index is 6.05. The highest BCUT2D eigenvalue weighted by molar-refractivity contribution is 7.18. The monoisotopic (exact) mass is 251 g/mol. The second-order valence-electron chi connectivity index (χ2n) is 3.24. The molecule has 0 N–H and O–H groups in total. The van der Waals surface area contributed by atoms with Crippen molar-refractivity contribution in [1.29, 1.82) is 0 Å². The zero-order chi connectivity index (χ0) is 11.1. The highest BCUT2D eigenvalue weighted by Crippen LogP contribution is 2.28. The fraction of sp³-hybridized carbons (Fsp3) is 0.100. The molecule has 0 unspecified atom stereocenters. The standard InChI is InChI=1S/C10H6ClN3OS/c1-5-12-7-8(11)13-9(14-10(7)16-5)6-2-3-15-4-6/h2-4H,1H3. The number of thiazole rings is 1. The van der Waals surface area contributed by atoms with Crippen LogP contribution in [-0.2, 0) is 0 Å². The molecule has 0 aliphatic carbocycles. The minimum atomic E-state index is 0.380. The maximum atomic E-state index is 6.05. The molecule has 0 bridgehead atoms. The summed E-state index contributed by atoms with van der Waals surface area (Å²) in [6.07, 6.45) is 3.17. The van der Waals surface area contributed by atoms with E-state index in [1.165, 1.54) is 11.3 Å². The number of hydrogen-bond donors (Lipinski definition) is 0. The highest BCUT2D eigenvalue weighted by Gasteiger charge is 2.12. The number of nitrogens with zero attached hydrogens (tertiary/aromatic N) is 3. The van der Waals surface area contributed by atoms with Gasteiger partial charge in [-0.3, -0.25) is 0 Å². The van der Waals surface area contributed by atoms with Gasteiger partial charge in [0.25, 0.3) is 0 Å². The molecule has 0 aliphatic heterocycles. The van der Waals surface area contributed by atoms with Crippen LogP contribution in [0.1, 0.15) is 5.01 Å². The van der Waals surface area contributed by atoms with Crippen molar-refractivity contribution in [2.75, 3.05) is 0 Å². The summed E-state index contributed by atoms with van der Waals surface area (Å²) in [4.78, 5) is 13.7. The second kappa shape index (κ2) is 3.54. The molecule has 3 aromatic rings. The number of aromatic nitrogens is 3. The third kappa shape index (κ3) is 1.48. The van der Waals surface area contributed by atoms with Crippen molar-refractivity contribution >= 4 is 33.3 Å². The lowest BCUT2D eigenvalue weighted by Gasteiger charge is -1.96. The van der Waals surface area contributed by atoms with E-state index in [4.69, 9.17) is 16.0 Å². The van der Waals surface area contributed by atoms with Crippen molar-refractivity contribution in [2.24, 2.45) is 0 Å². The molecule has 80 valence electrons. The minimum Gasteiger partial charge on any atom is -0.472 e. The van der Waals surface area contributed by atoms with Gasteiger partial charge in [-0.15, -0.1) is 0 Å². The summed E-state index contributed by atoms with van der Waals surface area (Å²) in [6, 6.07) is 1.80. The van der Waals surface area contributed by atoms with Crippen LogP contribution in [0.15, 0.2) is 23.0 Å². The number of furan rings is 1. The summed E-state index contributed by atoms with van der Waals surface area (Å²) >= 11 is 7.56. The molecule has 0 atom stereocenters. The molecule has 16 heavy (non-hydrogen) atoms. The van der Waals surface area contributed by atoms with E-state index in [-0.39, 0.29) is 0 Å². The third-order valence-corrected chi connectivity index (χ3v) is 3.23.